The molecule has 6 nitrogen and oxygen atoms in total. The minimum atomic E-state index is -4.37. The van der Waals surface area contributed by atoms with Crippen LogP contribution >= 0.6 is 0 Å². The lowest BCUT2D eigenvalue weighted by Crippen LogP contribution is -2.27. The molecule has 0 aliphatic heterocycles. The zero-order chi connectivity index (χ0) is 27.1. The number of nitrogens with zero attached hydrogens (tertiary/aromatic N) is 2. The van der Waals surface area contributed by atoms with Gasteiger partial charge in [0.25, 0.3) is 5.56 Å². The molecule has 0 saturated heterocycles. The fraction of sp³-hybridized carbons (Fsp3) is 0.407. The van der Waals surface area contributed by atoms with Crippen LogP contribution in [-0.4, -0.2) is 18.0 Å². The zero-order valence-electron chi connectivity index (χ0n) is 21.8. The maximum Gasteiger partial charge on any atom is 0.341 e. The summed E-state index contributed by atoms with van der Waals surface area (Å²) in [7, 11) is -4.37. The number of benzene rings is 2. The highest BCUT2D eigenvalue weighted by Gasteiger charge is 2.30. The maximum absolute atomic E-state index is 13.8. The molecule has 0 aliphatic rings. The second kappa shape index (κ2) is 10.1. The van der Waals surface area contributed by atoms with Crippen LogP contribution in [0.2, 0.25) is 0 Å². The van der Waals surface area contributed by atoms with Crippen LogP contribution in [0.15, 0.2) is 40.0 Å². The molecule has 0 N–H and O–H groups in total. The first-order chi connectivity index (χ1) is 16.7. The lowest BCUT2D eigenvalue weighted by Gasteiger charge is -2.22. The van der Waals surface area contributed by atoms with Gasteiger partial charge in [-0.3, -0.25) is 9.36 Å². The number of rotatable bonds is 7. The molecule has 36 heavy (non-hydrogen) atoms. The topological polar surface area (TPSA) is 78.3 Å². The van der Waals surface area contributed by atoms with Crippen molar-refractivity contribution < 1.29 is 21.4 Å². The van der Waals surface area contributed by atoms with Gasteiger partial charge in [0.05, 0.1) is 11.3 Å². The van der Waals surface area contributed by atoms with Crippen LogP contribution in [0.4, 0.5) is 8.78 Å². The molecule has 9 heteroatoms. The Morgan fingerprint density at radius 3 is 1.89 bits per heavy atom. The molecule has 2 aromatic carbocycles. The van der Waals surface area contributed by atoms with Crippen LogP contribution in [0.25, 0.3) is 5.69 Å². The number of aromatic nitrogens is 2. The van der Waals surface area contributed by atoms with Crippen LogP contribution in [-0.2, 0) is 10.1 Å². The Morgan fingerprint density at radius 1 is 0.861 bits per heavy atom. The average Bonchev–Trinajstić information content (AvgIpc) is 2.78. The third-order valence-corrected chi connectivity index (χ3v) is 7.46. The Morgan fingerprint density at radius 2 is 1.42 bits per heavy atom. The van der Waals surface area contributed by atoms with E-state index in [1.165, 1.54) is 19.9 Å². The molecule has 3 aromatic rings. The minimum absolute atomic E-state index is 0.0603. The van der Waals surface area contributed by atoms with E-state index in [1.807, 2.05) is 53.7 Å². The molecular weight excluding hydrogens is 486 g/mol. The van der Waals surface area contributed by atoms with Crippen molar-refractivity contribution in [3.8, 4) is 11.6 Å². The number of aryl methyl sites for hydroxylation is 1. The Hall–Kier alpha value is -3.07. The summed E-state index contributed by atoms with van der Waals surface area (Å²) in [6.07, 6.45) is 0. The SMILES string of the molecule is Cc1c(OS(=O)(=O)c2c(C(C)C)cc(C(C)C)cc2C(C)C)nc(C)n(-c2ccc(F)c(F)c2)c1=O. The lowest BCUT2D eigenvalue weighted by molar-refractivity contribution is 0.466. The Bertz CT molecular complexity index is 1450. The number of hydrogen-bond donors (Lipinski definition) is 0. The second-order valence-electron chi connectivity index (χ2n) is 9.86. The molecule has 0 fully saturated rings. The van der Waals surface area contributed by atoms with E-state index in [0.29, 0.717) is 11.1 Å². The van der Waals surface area contributed by atoms with E-state index in [2.05, 4.69) is 4.98 Å². The maximum atomic E-state index is 13.8. The van der Waals surface area contributed by atoms with Crippen molar-refractivity contribution in [2.24, 2.45) is 0 Å². The van der Waals surface area contributed by atoms with E-state index in [1.54, 1.807) is 0 Å². The van der Waals surface area contributed by atoms with Crippen molar-refractivity contribution in [3.63, 3.8) is 0 Å². The third-order valence-electron chi connectivity index (χ3n) is 6.11. The van der Waals surface area contributed by atoms with Gasteiger partial charge in [0.1, 0.15) is 10.7 Å². The molecule has 0 radical (unpaired) electrons. The summed E-state index contributed by atoms with van der Waals surface area (Å²) in [6.45, 7) is 14.6. The molecule has 1 heterocycles. The van der Waals surface area contributed by atoms with Gasteiger partial charge in [0.2, 0.25) is 5.88 Å². The van der Waals surface area contributed by atoms with Gasteiger partial charge in [-0.25, -0.2) is 8.78 Å². The molecule has 0 unspecified atom stereocenters. The smallest absolute Gasteiger partial charge is 0.341 e. The normalized spacial score (nSPS) is 12.1. The van der Waals surface area contributed by atoms with Crippen molar-refractivity contribution in [3.05, 3.63) is 80.4 Å². The third kappa shape index (κ3) is 5.21. The Kier molecular flexibility index (Phi) is 7.74. The molecule has 0 bridgehead atoms. The van der Waals surface area contributed by atoms with Gasteiger partial charge in [-0.1, -0.05) is 53.7 Å². The summed E-state index contributed by atoms with van der Waals surface area (Å²) in [5.41, 5.74) is 1.63. The predicted octanol–water partition coefficient (Wildman–Crippen LogP) is 6.27. The van der Waals surface area contributed by atoms with E-state index in [4.69, 9.17) is 4.18 Å². The Labute approximate surface area is 211 Å². The number of halogens is 2. The van der Waals surface area contributed by atoms with E-state index in [0.717, 1.165) is 22.3 Å². The molecule has 3 rings (SSSR count). The molecular formula is C27H32F2N2O4S. The van der Waals surface area contributed by atoms with Crippen LogP contribution in [0.1, 0.15) is 87.4 Å². The molecule has 0 atom stereocenters. The molecule has 0 amide bonds. The van der Waals surface area contributed by atoms with E-state index < -0.39 is 27.3 Å². The van der Waals surface area contributed by atoms with Gasteiger partial charge < -0.3 is 4.18 Å². The quantitative estimate of drug-likeness (QED) is 0.345. The van der Waals surface area contributed by atoms with Gasteiger partial charge in [0.15, 0.2) is 11.6 Å². The molecule has 1 aromatic heterocycles. The standard InChI is InChI=1S/C27H32F2N2O4S/c1-14(2)19-11-21(15(3)4)25(22(12-19)16(5)6)36(33,34)35-26-17(7)27(32)31(18(8)30-26)20-9-10-23(28)24(29)13-20/h9-16H,1-8H3. The highest BCUT2D eigenvalue weighted by Crippen LogP contribution is 2.36. The van der Waals surface area contributed by atoms with Gasteiger partial charge in [0, 0.05) is 6.07 Å². The Balaban J connectivity index is 2.19. The summed E-state index contributed by atoms with van der Waals surface area (Å²) < 4.78 is 61.1. The fourth-order valence-electron chi connectivity index (χ4n) is 4.02. The van der Waals surface area contributed by atoms with Crippen LogP contribution in [0, 0.1) is 25.5 Å². The van der Waals surface area contributed by atoms with Gasteiger partial charge in [-0.2, -0.15) is 13.4 Å². The highest BCUT2D eigenvalue weighted by molar-refractivity contribution is 7.87. The first-order valence-electron chi connectivity index (χ1n) is 11.8. The molecule has 0 spiro atoms. The van der Waals surface area contributed by atoms with Gasteiger partial charge >= 0.3 is 10.1 Å². The van der Waals surface area contributed by atoms with Gasteiger partial charge in [-0.15, -0.1) is 0 Å². The van der Waals surface area contributed by atoms with E-state index in [9.17, 15) is 22.0 Å². The second-order valence-corrected chi connectivity index (χ2v) is 11.3. The predicted molar refractivity (Wildman–Crippen MR) is 136 cm³/mol. The largest absolute Gasteiger partial charge is 0.358 e. The fourth-order valence-corrected chi connectivity index (χ4v) is 5.64. The van der Waals surface area contributed by atoms with E-state index >= 15 is 0 Å². The van der Waals surface area contributed by atoms with Crippen LogP contribution in [0.5, 0.6) is 5.88 Å². The summed E-state index contributed by atoms with van der Waals surface area (Å²) in [4.78, 5) is 17.4. The summed E-state index contributed by atoms with van der Waals surface area (Å²) in [5.74, 6) is -2.47. The minimum Gasteiger partial charge on any atom is -0.358 e. The van der Waals surface area contributed by atoms with Crippen LogP contribution < -0.4 is 9.74 Å². The lowest BCUT2D eigenvalue weighted by atomic mass is 9.89. The molecule has 194 valence electrons. The summed E-state index contributed by atoms with van der Waals surface area (Å²) in [5, 5.41) is 0. The van der Waals surface area contributed by atoms with Crippen LogP contribution in [0.3, 0.4) is 0 Å². The average molecular weight is 519 g/mol. The van der Waals surface area contributed by atoms with Crippen molar-refractivity contribution in [1.29, 1.82) is 0 Å². The number of hydrogen-bond acceptors (Lipinski definition) is 5. The highest BCUT2D eigenvalue weighted by atomic mass is 32.2. The molecule has 0 aliphatic carbocycles. The molecule has 0 saturated carbocycles. The van der Waals surface area contributed by atoms with Crippen molar-refractivity contribution in [2.75, 3.05) is 0 Å². The van der Waals surface area contributed by atoms with Crippen molar-refractivity contribution in [2.45, 2.75) is 78.0 Å². The first kappa shape index (κ1) is 27.5. The van der Waals surface area contributed by atoms with Gasteiger partial charge in [-0.05, 0) is 60.4 Å². The zero-order valence-corrected chi connectivity index (χ0v) is 22.6. The van der Waals surface area contributed by atoms with E-state index in [-0.39, 0.29) is 45.6 Å². The summed E-state index contributed by atoms with van der Waals surface area (Å²) >= 11 is 0. The monoisotopic (exact) mass is 518 g/mol. The van der Waals surface area contributed by atoms with Crippen molar-refractivity contribution in [1.82, 2.24) is 9.55 Å². The van der Waals surface area contributed by atoms with Crippen molar-refractivity contribution >= 4 is 10.1 Å². The summed E-state index contributed by atoms with van der Waals surface area (Å²) in [6, 6.07) is 6.81. The first-order valence-corrected chi connectivity index (χ1v) is 13.2.